The van der Waals surface area contributed by atoms with Gasteiger partial charge in [0.1, 0.15) is 5.75 Å². The molecule has 98 valence electrons. The van der Waals surface area contributed by atoms with Crippen LogP contribution in [-0.4, -0.2) is 16.7 Å². The van der Waals surface area contributed by atoms with E-state index >= 15 is 0 Å². The quantitative estimate of drug-likeness (QED) is 0.872. The molecule has 20 heavy (non-hydrogen) atoms. The lowest BCUT2D eigenvalue weighted by Crippen LogP contribution is -2.16. The van der Waals surface area contributed by atoms with E-state index in [0.717, 1.165) is 0 Å². The smallest absolute Gasteiger partial charge is 0.194 e. The minimum Gasteiger partial charge on any atom is -0.507 e. The summed E-state index contributed by atoms with van der Waals surface area (Å²) in [5, 5.41) is 10.3. The maximum atomic E-state index is 12.4. The zero-order valence-electron chi connectivity index (χ0n) is 10.3. The summed E-state index contributed by atoms with van der Waals surface area (Å²) in [6.45, 7) is 0. The SMILES string of the molecule is O=C1C(c2ccc(Cl)cc2)=CC(=O)c2c(O)cccc21. The van der Waals surface area contributed by atoms with Crippen LogP contribution < -0.4 is 0 Å². The average Bonchev–Trinajstić information content (AvgIpc) is 2.44. The van der Waals surface area contributed by atoms with Crippen LogP contribution in [0.15, 0.2) is 48.5 Å². The number of Topliss-reactive ketones (excluding diaryl/α,β-unsaturated/α-hetero) is 1. The Morgan fingerprint density at radius 1 is 0.950 bits per heavy atom. The number of rotatable bonds is 1. The fourth-order valence-electron chi connectivity index (χ4n) is 2.25. The van der Waals surface area contributed by atoms with Gasteiger partial charge in [0.15, 0.2) is 11.6 Å². The van der Waals surface area contributed by atoms with Gasteiger partial charge in [0.25, 0.3) is 0 Å². The number of carbonyl (C=O) groups excluding carboxylic acids is 2. The van der Waals surface area contributed by atoms with Gasteiger partial charge in [-0.3, -0.25) is 9.59 Å². The highest BCUT2D eigenvalue weighted by Gasteiger charge is 2.28. The molecular formula is C16H9ClO3. The second kappa shape index (κ2) is 4.62. The fraction of sp³-hybridized carbons (Fsp3) is 0. The van der Waals surface area contributed by atoms with Crippen LogP contribution in [0.25, 0.3) is 5.57 Å². The molecule has 0 amide bonds. The van der Waals surface area contributed by atoms with E-state index in [1.165, 1.54) is 18.2 Å². The summed E-state index contributed by atoms with van der Waals surface area (Å²) in [7, 11) is 0. The maximum absolute atomic E-state index is 12.4. The highest BCUT2D eigenvalue weighted by atomic mass is 35.5. The largest absolute Gasteiger partial charge is 0.507 e. The number of carbonyl (C=O) groups is 2. The van der Waals surface area contributed by atoms with Crippen molar-refractivity contribution in [1.82, 2.24) is 0 Å². The topological polar surface area (TPSA) is 54.4 Å². The Labute approximate surface area is 120 Å². The molecule has 0 unspecified atom stereocenters. The van der Waals surface area contributed by atoms with Crippen molar-refractivity contribution in [2.75, 3.05) is 0 Å². The predicted octanol–water partition coefficient (Wildman–Crippen LogP) is 3.51. The highest BCUT2D eigenvalue weighted by molar-refractivity contribution is 6.39. The lowest BCUT2D eigenvalue weighted by molar-refractivity contribution is 0.0999. The van der Waals surface area contributed by atoms with Gasteiger partial charge in [-0.15, -0.1) is 0 Å². The van der Waals surface area contributed by atoms with Gasteiger partial charge in [-0.25, -0.2) is 0 Å². The van der Waals surface area contributed by atoms with Crippen molar-refractivity contribution in [2.45, 2.75) is 0 Å². The Balaban J connectivity index is 2.15. The number of phenolic OH excluding ortho intramolecular Hbond substituents is 1. The lowest BCUT2D eigenvalue weighted by Gasteiger charge is -2.16. The molecule has 0 fully saturated rings. The van der Waals surface area contributed by atoms with Gasteiger partial charge in [0.05, 0.1) is 5.56 Å². The van der Waals surface area contributed by atoms with Crippen LogP contribution in [0.5, 0.6) is 5.75 Å². The standard InChI is InChI=1S/C16H9ClO3/c17-10-6-4-9(5-7-10)12-8-14(19)15-11(16(12)20)2-1-3-13(15)18/h1-8,18H. The van der Waals surface area contributed by atoms with Crippen molar-refractivity contribution >= 4 is 28.7 Å². The highest BCUT2D eigenvalue weighted by Crippen LogP contribution is 2.32. The number of aromatic hydroxyl groups is 1. The summed E-state index contributed by atoms with van der Waals surface area (Å²) in [6, 6.07) is 11.2. The summed E-state index contributed by atoms with van der Waals surface area (Å²) >= 11 is 5.81. The second-order valence-electron chi connectivity index (χ2n) is 4.46. The van der Waals surface area contributed by atoms with Gasteiger partial charge in [0.2, 0.25) is 0 Å². The average molecular weight is 285 g/mol. The molecule has 0 aromatic heterocycles. The number of ketones is 2. The molecule has 3 rings (SSSR count). The van der Waals surface area contributed by atoms with Crippen LogP contribution in [0.3, 0.4) is 0 Å². The molecule has 1 aliphatic carbocycles. The first kappa shape index (κ1) is 12.6. The van der Waals surface area contributed by atoms with E-state index < -0.39 is 0 Å². The predicted molar refractivity (Wildman–Crippen MR) is 76.2 cm³/mol. The molecule has 0 saturated carbocycles. The summed E-state index contributed by atoms with van der Waals surface area (Å²) in [6.07, 6.45) is 1.26. The van der Waals surface area contributed by atoms with Gasteiger partial charge in [-0.05, 0) is 29.8 Å². The van der Waals surface area contributed by atoms with E-state index in [1.54, 1.807) is 30.3 Å². The Morgan fingerprint density at radius 2 is 1.65 bits per heavy atom. The molecule has 0 heterocycles. The molecule has 1 aliphatic rings. The molecule has 4 heteroatoms. The van der Waals surface area contributed by atoms with Gasteiger partial charge in [0, 0.05) is 16.2 Å². The zero-order chi connectivity index (χ0) is 14.3. The minimum atomic E-state index is -0.373. The van der Waals surface area contributed by atoms with Crippen molar-refractivity contribution in [1.29, 1.82) is 0 Å². The second-order valence-corrected chi connectivity index (χ2v) is 4.89. The first-order valence-corrected chi connectivity index (χ1v) is 6.34. The van der Waals surface area contributed by atoms with Crippen LogP contribution in [0, 0.1) is 0 Å². The number of benzene rings is 2. The molecule has 0 aliphatic heterocycles. The van der Waals surface area contributed by atoms with Crippen LogP contribution in [0.2, 0.25) is 5.02 Å². The number of fused-ring (bicyclic) bond motifs is 1. The van der Waals surface area contributed by atoms with E-state index in [-0.39, 0.29) is 28.4 Å². The third kappa shape index (κ3) is 1.92. The Hall–Kier alpha value is -2.39. The normalized spacial score (nSPS) is 13.9. The minimum absolute atomic E-state index is 0.0650. The monoisotopic (exact) mass is 284 g/mol. The lowest BCUT2D eigenvalue weighted by atomic mass is 9.86. The van der Waals surface area contributed by atoms with Crippen molar-refractivity contribution in [3.8, 4) is 5.75 Å². The molecule has 0 bridgehead atoms. The van der Waals surface area contributed by atoms with Crippen molar-refractivity contribution in [2.24, 2.45) is 0 Å². The fourth-order valence-corrected chi connectivity index (χ4v) is 2.37. The molecule has 3 nitrogen and oxygen atoms in total. The summed E-state index contributed by atoms with van der Waals surface area (Å²) in [4.78, 5) is 24.5. The molecule has 2 aromatic carbocycles. The first-order chi connectivity index (χ1) is 9.58. The van der Waals surface area contributed by atoms with Crippen molar-refractivity contribution in [3.63, 3.8) is 0 Å². The number of hydrogen-bond donors (Lipinski definition) is 1. The zero-order valence-corrected chi connectivity index (χ0v) is 11.0. The molecule has 0 atom stereocenters. The van der Waals surface area contributed by atoms with E-state index in [2.05, 4.69) is 0 Å². The van der Waals surface area contributed by atoms with Gasteiger partial charge < -0.3 is 5.11 Å². The van der Waals surface area contributed by atoms with E-state index in [4.69, 9.17) is 11.6 Å². The van der Waals surface area contributed by atoms with E-state index in [1.807, 2.05) is 0 Å². The molecule has 0 radical (unpaired) electrons. The third-order valence-electron chi connectivity index (χ3n) is 3.21. The van der Waals surface area contributed by atoms with Crippen LogP contribution in [-0.2, 0) is 0 Å². The number of halogens is 1. The van der Waals surface area contributed by atoms with Gasteiger partial charge in [-0.1, -0.05) is 35.9 Å². The summed E-state index contributed by atoms with van der Waals surface area (Å²) in [5.74, 6) is -0.826. The Bertz CT molecular complexity index is 758. The number of phenols is 1. The third-order valence-corrected chi connectivity index (χ3v) is 3.46. The Morgan fingerprint density at radius 3 is 2.35 bits per heavy atom. The van der Waals surface area contributed by atoms with Crippen LogP contribution in [0.4, 0.5) is 0 Å². The Kier molecular flexibility index (Phi) is 2.92. The summed E-state index contributed by atoms with van der Waals surface area (Å²) in [5.41, 5.74) is 1.23. The van der Waals surface area contributed by atoms with Gasteiger partial charge in [-0.2, -0.15) is 0 Å². The van der Waals surface area contributed by atoms with Gasteiger partial charge >= 0.3 is 0 Å². The molecule has 0 saturated heterocycles. The van der Waals surface area contributed by atoms with Crippen LogP contribution in [0.1, 0.15) is 26.3 Å². The van der Waals surface area contributed by atoms with E-state index in [0.29, 0.717) is 16.2 Å². The molecular weight excluding hydrogens is 276 g/mol. The number of allylic oxidation sites excluding steroid dienone is 2. The van der Waals surface area contributed by atoms with Crippen molar-refractivity contribution < 1.29 is 14.7 Å². The van der Waals surface area contributed by atoms with Crippen LogP contribution >= 0.6 is 11.6 Å². The molecule has 2 aromatic rings. The summed E-state index contributed by atoms with van der Waals surface area (Å²) < 4.78 is 0. The molecule has 1 N–H and O–H groups in total. The molecule has 0 spiro atoms. The number of hydrogen-bond acceptors (Lipinski definition) is 3. The maximum Gasteiger partial charge on any atom is 0.194 e. The van der Waals surface area contributed by atoms with E-state index in [9.17, 15) is 14.7 Å². The van der Waals surface area contributed by atoms with Crippen molar-refractivity contribution in [3.05, 3.63) is 70.3 Å². The first-order valence-electron chi connectivity index (χ1n) is 5.96.